The van der Waals surface area contributed by atoms with Crippen molar-refractivity contribution in [2.45, 2.75) is 291 Å². The Morgan fingerprint density at radius 2 is 0.613 bits per heavy atom. The lowest BCUT2D eigenvalue weighted by Gasteiger charge is -2.21. The molecule has 0 rings (SSSR count). The maximum Gasteiger partial charge on any atom is 0.472 e. The van der Waals surface area contributed by atoms with E-state index in [1.165, 1.54) is 70.6 Å². The van der Waals surface area contributed by atoms with Crippen LogP contribution in [0, 0.1) is 5.92 Å². The van der Waals surface area contributed by atoms with Crippen molar-refractivity contribution in [3.05, 3.63) is 0 Å². The standard InChI is InChI=1S/C56H108O17P2/c1-6-9-12-15-18-25-30-35-40-54(59)67-46-52(73-56(61)42-37-32-27-22-20-21-24-28-33-38-49(4)5)48-71-75(64,65)69-44-50(57)43-68-74(62,63)70-47-51(45-66-53(58)39-34-29-23-17-14-11-8-3)72-55(60)41-36-31-26-19-16-13-10-7-2/h49-52,57H,6-48H2,1-5H3,(H,62,63)(H,64,65)/t50-,51+,52+/m0/s1. The van der Waals surface area contributed by atoms with Crippen LogP contribution in [0.4, 0.5) is 0 Å². The molecule has 0 spiro atoms. The fourth-order valence-electron chi connectivity index (χ4n) is 8.17. The fourth-order valence-corrected chi connectivity index (χ4v) is 9.75. The molecule has 75 heavy (non-hydrogen) atoms. The third-order valence-electron chi connectivity index (χ3n) is 12.8. The summed E-state index contributed by atoms with van der Waals surface area (Å²) in [7, 11) is -9.86. The van der Waals surface area contributed by atoms with E-state index in [2.05, 4.69) is 34.6 Å². The Kier molecular flexibility index (Phi) is 49.0. The van der Waals surface area contributed by atoms with Crippen molar-refractivity contribution >= 4 is 39.5 Å². The van der Waals surface area contributed by atoms with Gasteiger partial charge in [0.1, 0.15) is 19.3 Å². The Balaban J connectivity index is 5.19. The van der Waals surface area contributed by atoms with E-state index in [0.29, 0.717) is 25.7 Å². The zero-order valence-corrected chi connectivity index (χ0v) is 49.5. The zero-order valence-electron chi connectivity index (χ0n) is 47.7. The van der Waals surface area contributed by atoms with Gasteiger partial charge in [-0.15, -0.1) is 0 Å². The topological polar surface area (TPSA) is 237 Å². The zero-order chi connectivity index (χ0) is 55.7. The summed E-state index contributed by atoms with van der Waals surface area (Å²) >= 11 is 0. The van der Waals surface area contributed by atoms with Gasteiger partial charge in [-0.05, 0) is 31.6 Å². The van der Waals surface area contributed by atoms with Crippen LogP contribution in [0.2, 0.25) is 0 Å². The van der Waals surface area contributed by atoms with Gasteiger partial charge >= 0.3 is 39.5 Å². The van der Waals surface area contributed by atoms with Crippen LogP contribution in [-0.2, 0) is 65.4 Å². The molecule has 0 bridgehead atoms. The summed E-state index contributed by atoms with van der Waals surface area (Å²) in [5.74, 6) is -1.42. The van der Waals surface area contributed by atoms with Gasteiger partial charge in [-0.3, -0.25) is 37.3 Å². The minimum Gasteiger partial charge on any atom is -0.462 e. The molecule has 0 saturated heterocycles. The highest BCUT2D eigenvalue weighted by Gasteiger charge is 2.30. The Hall–Kier alpha value is -1.94. The Bertz CT molecular complexity index is 1480. The molecule has 5 atom stereocenters. The van der Waals surface area contributed by atoms with Crippen LogP contribution in [0.3, 0.4) is 0 Å². The van der Waals surface area contributed by atoms with Crippen molar-refractivity contribution in [3.8, 4) is 0 Å². The molecule has 0 amide bonds. The smallest absolute Gasteiger partial charge is 0.462 e. The second-order valence-corrected chi connectivity index (χ2v) is 23.7. The number of unbranched alkanes of at least 4 members (excludes halogenated alkanes) is 28. The molecule has 0 fully saturated rings. The average Bonchev–Trinajstić information content (AvgIpc) is 3.37. The van der Waals surface area contributed by atoms with Crippen LogP contribution in [0.15, 0.2) is 0 Å². The van der Waals surface area contributed by atoms with E-state index < -0.39 is 97.5 Å². The van der Waals surface area contributed by atoms with Gasteiger partial charge in [0.15, 0.2) is 12.2 Å². The molecule has 0 heterocycles. The minimum absolute atomic E-state index is 0.104. The number of phosphoric ester groups is 2. The van der Waals surface area contributed by atoms with Gasteiger partial charge in [-0.2, -0.15) is 0 Å². The highest BCUT2D eigenvalue weighted by atomic mass is 31.2. The lowest BCUT2D eigenvalue weighted by atomic mass is 10.0. The minimum atomic E-state index is -4.93. The average molecular weight is 1120 g/mol. The molecule has 3 N–H and O–H groups in total. The van der Waals surface area contributed by atoms with Gasteiger partial charge in [0, 0.05) is 25.7 Å². The van der Waals surface area contributed by atoms with E-state index in [9.17, 15) is 43.2 Å². The Labute approximate surface area is 454 Å². The monoisotopic (exact) mass is 1110 g/mol. The molecular formula is C56H108O17P2. The van der Waals surface area contributed by atoms with Crippen molar-refractivity contribution in [3.63, 3.8) is 0 Å². The van der Waals surface area contributed by atoms with E-state index >= 15 is 0 Å². The molecule has 444 valence electrons. The van der Waals surface area contributed by atoms with Crippen LogP contribution in [0.5, 0.6) is 0 Å². The molecule has 0 saturated carbocycles. The summed E-state index contributed by atoms with van der Waals surface area (Å²) in [5.41, 5.74) is 0. The number of carbonyl (C=O) groups excluding carboxylic acids is 4. The SMILES string of the molecule is CCCCCCCCCCC(=O)OC[C@H](COP(=O)(O)OC[C@@H](O)COP(=O)(O)OC[C@@H](COC(=O)CCCCCCCCC)OC(=O)CCCCCCCCCC)OC(=O)CCCCCCCCCCCC(C)C. The third-order valence-corrected chi connectivity index (χ3v) is 14.7. The van der Waals surface area contributed by atoms with Crippen molar-refractivity contribution < 1.29 is 80.2 Å². The number of esters is 4. The maximum atomic E-state index is 12.9. The van der Waals surface area contributed by atoms with Crippen LogP contribution in [-0.4, -0.2) is 96.7 Å². The number of carbonyl (C=O) groups is 4. The van der Waals surface area contributed by atoms with Crippen molar-refractivity contribution in [2.75, 3.05) is 39.6 Å². The summed E-state index contributed by atoms with van der Waals surface area (Å²) in [6.45, 7) is 7.01. The molecule has 0 aromatic heterocycles. The van der Waals surface area contributed by atoms with Gasteiger partial charge in [-0.25, -0.2) is 9.13 Å². The van der Waals surface area contributed by atoms with Gasteiger partial charge in [0.2, 0.25) is 0 Å². The molecule has 19 heteroatoms. The van der Waals surface area contributed by atoms with E-state index in [1.807, 2.05) is 0 Å². The normalized spacial score (nSPS) is 14.5. The van der Waals surface area contributed by atoms with Gasteiger partial charge in [-0.1, -0.05) is 221 Å². The predicted molar refractivity (Wildman–Crippen MR) is 294 cm³/mol. The summed E-state index contributed by atoms with van der Waals surface area (Å²) in [4.78, 5) is 71.5. The largest absolute Gasteiger partial charge is 0.472 e. The number of aliphatic hydroxyl groups is 1. The quantitative estimate of drug-likeness (QED) is 0.0222. The fraction of sp³-hybridized carbons (Fsp3) is 0.929. The molecule has 0 aliphatic carbocycles. The van der Waals surface area contributed by atoms with E-state index in [0.717, 1.165) is 121 Å². The highest BCUT2D eigenvalue weighted by Crippen LogP contribution is 2.45. The van der Waals surface area contributed by atoms with Crippen LogP contribution in [0.1, 0.15) is 272 Å². The highest BCUT2D eigenvalue weighted by molar-refractivity contribution is 7.47. The second-order valence-electron chi connectivity index (χ2n) is 20.8. The molecular weight excluding hydrogens is 1010 g/mol. The van der Waals surface area contributed by atoms with Crippen LogP contribution in [0.25, 0.3) is 0 Å². The molecule has 0 radical (unpaired) electrons. The summed E-state index contributed by atoms with van der Waals surface area (Å²) in [6.07, 6.45) is 30.9. The molecule has 0 aromatic rings. The number of rotatable bonds is 56. The van der Waals surface area contributed by atoms with Crippen molar-refractivity contribution in [1.29, 1.82) is 0 Å². The van der Waals surface area contributed by atoms with Gasteiger partial charge in [0.05, 0.1) is 26.4 Å². The summed E-state index contributed by atoms with van der Waals surface area (Å²) in [6, 6.07) is 0. The number of phosphoric acid groups is 2. The molecule has 17 nitrogen and oxygen atoms in total. The molecule has 0 aliphatic rings. The Morgan fingerprint density at radius 1 is 0.360 bits per heavy atom. The molecule has 2 unspecified atom stereocenters. The maximum absolute atomic E-state index is 12.9. The van der Waals surface area contributed by atoms with Gasteiger partial charge in [0.25, 0.3) is 0 Å². The summed E-state index contributed by atoms with van der Waals surface area (Å²) < 4.78 is 67.4. The first-order valence-corrected chi connectivity index (χ1v) is 32.6. The first-order chi connectivity index (χ1) is 36.0. The number of hydrogen-bond acceptors (Lipinski definition) is 15. The van der Waals surface area contributed by atoms with E-state index in [-0.39, 0.29) is 25.7 Å². The first kappa shape index (κ1) is 73.1. The first-order valence-electron chi connectivity index (χ1n) is 29.6. The van der Waals surface area contributed by atoms with E-state index in [4.69, 9.17) is 37.0 Å². The van der Waals surface area contributed by atoms with Crippen LogP contribution >= 0.6 is 15.6 Å². The van der Waals surface area contributed by atoms with Crippen molar-refractivity contribution in [1.82, 2.24) is 0 Å². The third kappa shape index (κ3) is 51.3. The Morgan fingerprint density at radius 3 is 0.907 bits per heavy atom. The molecule has 0 aliphatic heterocycles. The molecule has 0 aromatic carbocycles. The van der Waals surface area contributed by atoms with E-state index in [1.54, 1.807) is 0 Å². The lowest BCUT2D eigenvalue weighted by Crippen LogP contribution is -2.30. The van der Waals surface area contributed by atoms with Crippen molar-refractivity contribution in [2.24, 2.45) is 5.92 Å². The predicted octanol–water partition coefficient (Wildman–Crippen LogP) is 14.7. The lowest BCUT2D eigenvalue weighted by molar-refractivity contribution is -0.161. The number of ether oxygens (including phenoxy) is 4. The van der Waals surface area contributed by atoms with Gasteiger partial charge < -0.3 is 33.8 Å². The second kappa shape index (κ2) is 50.3. The number of hydrogen-bond donors (Lipinski definition) is 3. The number of aliphatic hydroxyl groups excluding tert-OH is 1. The summed E-state index contributed by atoms with van der Waals surface area (Å²) in [5, 5.41) is 10.5. The van der Waals surface area contributed by atoms with Crippen LogP contribution < -0.4 is 0 Å².